The Labute approximate surface area is 409 Å². The van der Waals surface area contributed by atoms with Crippen molar-refractivity contribution in [3.63, 3.8) is 0 Å². The minimum absolute atomic E-state index is 0.0116. The second-order valence-corrected chi connectivity index (χ2v) is 19.5. The van der Waals surface area contributed by atoms with Crippen molar-refractivity contribution in [2.24, 2.45) is 0 Å². The van der Waals surface area contributed by atoms with Gasteiger partial charge in [-0.15, -0.1) is 0 Å². The maximum atomic E-state index is 6.60. The molecule has 0 bridgehead atoms. The monoisotopic (exact) mass is 910 g/mol. The number of hydrogen-bond donors (Lipinski definition) is 0. The standard InChI is InChI=1S/C65H42N4O2/c1-2-12-43(13-3-1)67-56-20-10-6-16-47(56)49-34-40(22-27-58(49)67)42-25-30-62-53(37-42)65-63(71-62)32-33-64(66-65)69-57-21-11-7-17-48(57)50-35-39(23-28-59(50)69)41-24-29-60-51(36-41)52-38-44(26-31-61(52)70-60)68-54-18-8-4-14-45(54)46-15-5-9-19-55(46)68/h1-2,4-9,11-12,14-19,21-38,48,53,57,62H,10,20H2. The lowest BCUT2D eigenvalue weighted by atomic mass is 9.88. The summed E-state index contributed by atoms with van der Waals surface area (Å²) in [6.45, 7) is 0. The van der Waals surface area contributed by atoms with E-state index in [9.17, 15) is 0 Å². The molecule has 0 saturated heterocycles. The van der Waals surface area contributed by atoms with Gasteiger partial charge in [0.15, 0.2) is 0 Å². The van der Waals surface area contributed by atoms with Crippen LogP contribution in [-0.4, -0.2) is 26.3 Å². The summed E-state index contributed by atoms with van der Waals surface area (Å²) in [5, 5.41) is 5.97. The van der Waals surface area contributed by atoms with Crippen LogP contribution in [0, 0.1) is 0 Å². The summed E-state index contributed by atoms with van der Waals surface area (Å²) in [6, 6.07) is 48.8. The number of furan rings is 1. The number of benzene rings is 6. The summed E-state index contributed by atoms with van der Waals surface area (Å²) in [5.74, 6) is 1.94. The Bertz CT molecular complexity index is 4280. The molecular weight excluding hydrogens is 869 g/mol. The summed E-state index contributed by atoms with van der Waals surface area (Å²) in [6.07, 6.45) is 28.4. The molecule has 4 unspecified atom stereocenters. The molecule has 6 aliphatic rings. The molecule has 6 nitrogen and oxygen atoms in total. The van der Waals surface area contributed by atoms with Crippen LogP contribution in [0.1, 0.15) is 46.3 Å². The molecule has 334 valence electrons. The largest absolute Gasteiger partial charge is 0.483 e. The van der Waals surface area contributed by atoms with Crippen molar-refractivity contribution in [2.45, 2.75) is 36.8 Å². The van der Waals surface area contributed by atoms with Crippen LogP contribution in [0.5, 0.6) is 5.75 Å². The first-order valence-corrected chi connectivity index (χ1v) is 24.7. The van der Waals surface area contributed by atoms with E-state index in [0.717, 1.165) is 69.0 Å². The van der Waals surface area contributed by atoms with Crippen molar-refractivity contribution in [3.8, 4) is 22.6 Å². The molecule has 0 N–H and O–H groups in total. The Hall–Kier alpha value is -9.05. The van der Waals surface area contributed by atoms with Gasteiger partial charge in [-0.05, 0) is 143 Å². The summed E-state index contributed by atoms with van der Waals surface area (Å²) in [7, 11) is 0. The fourth-order valence-corrected chi connectivity index (χ4v) is 12.5. The van der Waals surface area contributed by atoms with E-state index in [0.29, 0.717) is 0 Å². The molecule has 71 heavy (non-hydrogen) atoms. The third-order valence-electron chi connectivity index (χ3n) is 15.7. The molecule has 0 amide bonds. The normalized spacial score (nSPS) is 20.0. The van der Waals surface area contributed by atoms with Gasteiger partial charge >= 0.3 is 0 Å². The maximum absolute atomic E-state index is 6.60. The van der Waals surface area contributed by atoms with Crippen molar-refractivity contribution in [1.82, 2.24) is 14.1 Å². The second kappa shape index (κ2) is 14.7. The summed E-state index contributed by atoms with van der Waals surface area (Å²) in [4.78, 5) is 7.94. The van der Waals surface area contributed by atoms with E-state index in [1.54, 1.807) is 0 Å². The molecule has 4 atom stereocenters. The average molecular weight is 911 g/mol. The summed E-state index contributed by atoms with van der Waals surface area (Å²) in [5.41, 5.74) is 24.8. The predicted octanol–water partition coefficient (Wildman–Crippen LogP) is 15.6. The van der Waals surface area contributed by atoms with Crippen molar-refractivity contribution < 1.29 is 9.15 Å². The molecule has 4 aliphatic carbocycles. The van der Waals surface area contributed by atoms with Gasteiger partial charge in [-0.3, -0.25) is 0 Å². The topological polar surface area (TPSA) is 48.4 Å². The molecule has 0 fully saturated rings. The molecule has 0 saturated carbocycles. The molecule has 4 aromatic heterocycles. The van der Waals surface area contributed by atoms with Crippen LogP contribution in [0.2, 0.25) is 0 Å². The van der Waals surface area contributed by atoms with Gasteiger partial charge in [0.25, 0.3) is 0 Å². The molecule has 6 heterocycles. The molecule has 2 aliphatic heterocycles. The van der Waals surface area contributed by atoms with Crippen LogP contribution in [0.25, 0.3) is 88.8 Å². The van der Waals surface area contributed by atoms with E-state index in [1.807, 2.05) is 12.2 Å². The van der Waals surface area contributed by atoms with Crippen LogP contribution in [0.3, 0.4) is 0 Å². The number of nitrogens with zero attached hydrogens (tertiary/aromatic N) is 4. The van der Waals surface area contributed by atoms with Gasteiger partial charge in [0.1, 0.15) is 28.8 Å². The van der Waals surface area contributed by atoms with Gasteiger partial charge in [-0.1, -0.05) is 115 Å². The van der Waals surface area contributed by atoms with Crippen LogP contribution in [-0.2, 0) is 6.42 Å². The average Bonchev–Trinajstić information content (AvgIpc) is 4.24. The van der Waals surface area contributed by atoms with Gasteiger partial charge in [-0.2, -0.15) is 0 Å². The van der Waals surface area contributed by atoms with Crippen LogP contribution in [0.15, 0.2) is 216 Å². The summed E-state index contributed by atoms with van der Waals surface area (Å²) >= 11 is 0. The molecular formula is C65H42N4O2. The lowest BCUT2D eigenvalue weighted by molar-refractivity contribution is 0.269. The molecule has 10 aromatic rings. The first kappa shape index (κ1) is 38.9. The minimum atomic E-state index is -0.106. The predicted molar refractivity (Wildman–Crippen MR) is 289 cm³/mol. The summed E-state index contributed by atoms with van der Waals surface area (Å²) < 4.78 is 17.8. The lowest BCUT2D eigenvalue weighted by Crippen LogP contribution is -2.29. The van der Waals surface area contributed by atoms with Crippen molar-refractivity contribution in [3.05, 3.63) is 240 Å². The van der Waals surface area contributed by atoms with E-state index in [2.05, 4.69) is 220 Å². The number of fused-ring (bicyclic) bond motifs is 15. The first-order valence-electron chi connectivity index (χ1n) is 24.7. The maximum Gasteiger partial charge on any atom is 0.142 e. The van der Waals surface area contributed by atoms with Gasteiger partial charge in [0.05, 0.1) is 39.9 Å². The SMILES string of the molecule is C1=C=C(n2c3c(c4cc(C5=CC6c7nc(N8c9ccc(-c%10ccc%11oc%12ccc(-n%13c%14ccccc%14c%14ccccc%14%13)cc%12c%11c%10)cc9C9C=CC=CC98)ccc7OC6C=C5)ccc42)C=CCC3)C=CC=1. The third kappa shape index (κ3) is 5.69. The van der Waals surface area contributed by atoms with Crippen molar-refractivity contribution in [1.29, 1.82) is 0 Å². The van der Waals surface area contributed by atoms with Gasteiger partial charge in [-0.25, -0.2) is 4.98 Å². The number of hydrogen-bond acceptors (Lipinski definition) is 4. The lowest BCUT2D eigenvalue weighted by Gasteiger charge is -2.28. The number of aromatic nitrogens is 3. The molecule has 0 spiro atoms. The highest BCUT2D eigenvalue weighted by molar-refractivity contribution is 6.11. The van der Waals surface area contributed by atoms with E-state index in [-0.39, 0.29) is 24.0 Å². The van der Waals surface area contributed by atoms with E-state index >= 15 is 0 Å². The zero-order valence-electron chi connectivity index (χ0n) is 38.5. The number of allylic oxidation sites excluding steroid dienone is 9. The number of anilines is 2. The highest BCUT2D eigenvalue weighted by Gasteiger charge is 2.41. The Morgan fingerprint density at radius 1 is 0.606 bits per heavy atom. The molecule has 6 heteroatoms. The number of para-hydroxylation sites is 2. The zero-order valence-corrected chi connectivity index (χ0v) is 38.5. The first-order chi connectivity index (χ1) is 35.2. The Morgan fingerprint density at radius 2 is 1.38 bits per heavy atom. The third-order valence-corrected chi connectivity index (χ3v) is 15.7. The fraction of sp³-hybridized carbons (Fsp3) is 0.0923. The number of rotatable bonds is 5. The zero-order chi connectivity index (χ0) is 46.3. The Kier molecular flexibility index (Phi) is 8.06. The van der Waals surface area contributed by atoms with Gasteiger partial charge in [0.2, 0.25) is 0 Å². The Morgan fingerprint density at radius 3 is 2.25 bits per heavy atom. The van der Waals surface area contributed by atoms with Gasteiger partial charge < -0.3 is 23.2 Å². The molecule has 16 rings (SSSR count). The van der Waals surface area contributed by atoms with Crippen molar-refractivity contribution in [2.75, 3.05) is 4.90 Å². The smallest absolute Gasteiger partial charge is 0.142 e. The van der Waals surface area contributed by atoms with Crippen LogP contribution < -0.4 is 9.64 Å². The highest BCUT2D eigenvalue weighted by Crippen LogP contribution is 2.51. The number of ether oxygens (including phenoxy) is 1. The van der Waals surface area contributed by atoms with Crippen molar-refractivity contribution >= 4 is 83.5 Å². The number of pyridine rings is 1. The molecule has 0 radical (unpaired) electrons. The van der Waals surface area contributed by atoms with Crippen LogP contribution >= 0.6 is 0 Å². The quantitative estimate of drug-likeness (QED) is 0.161. The van der Waals surface area contributed by atoms with Gasteiger partial charge in [0, 0.05) is 55.5 Å². The second-order valence-electron chi connectivity index (χ2n) is 19.5. The van der Waals surface area contributed by atoms with E-state index < -0.39 is 0 Å². The van der Waals surface area contributed by atoms with E-state index in [1.165, 1.54) is 71.9 Å². The fourth-order valence-electron chi connectivity index (χ4n) is 12.5. The molecule has 6 aromatic carbocycles. The Balaban J connectivity index is 0.749. The van der Waals surface area contributed by atoms with E-state index in [4.69, 9.17) is 14.1 Å². The van der Waals surface area contributed by atoms with Crippen LogP contribution in [0.4, 0.5) is 11.5 Å². The highest BCUT2D eigenvalue weighted by atomic mass is 16.5. The minimum Gasteiger partial charge on any atom is -0.483 e.